The number of hydrogen-bond acceptors (Lipinski definition) is 4. The van der Waals surface area contributed by atoms with Gasteiger partial charge in [0.2, 0.25) is 0 Å². The third kappa shape index (κ3) is 2.87. The molecule has 0 radical (unpaired) electrons. The number of aliphatic hydroxyl groups is 1. The molecule has 2 bridgehead atoms. The van der Waals surface area contributed by atoms with Crippen LogP contribution in [0.15, 0.2) is 17.9 Å². The Morgan fingerprint density at radius 3 is 2.63 bits per heavy atom. The molecule has 4 heteroatoms. The van der Waals surface area contributed by atoms with E-state index in [1.54, 1.807) is 0 Å². The number of thioether (sulfide) groups is 1. The molecule has 2 aliphatic heterocycles. The lowest BCUT2D eigenvalue weighted by Gasteiger charge is -2.32. The number of fused-ring (bicyclic) bond motifs is 5. The summed E-state index contributed by atoms with van der Waals surface area (Å²) in [6.45, 7) is 8.35. The Balaban J connectivity index is 1.68. The van der Waals surface area contributed by atoms with Crippen molar-refractivity contribution in [3.63, 3.8) is 0 Å². The molecule has 27 heavy (non-hydrogen) atoms. The van der Waals surface area contributed by atoms with E-state index in [9.17, 15) is 9.90 Å². The highest BCUT2D eigenvalue weighted by Gasteiger charge is 2.66. The summed E-state index contributed by atoms with van der Waals surface area (Å²) in [5, 5.41) is 11.1. The Morgan fingerprint density at radius 2 is 1.96 bits per heavy atom. The molecule has 2 heterocycles. The summed E-state index contributed by atoms with van der Waals surface area (Å²) in [6.07, 6.45) is 4.27. The minimum absolute atomic E-state index is 0.00529. The van der Waals surface area contributed by atoms with E-state index in [0.717, 1.165) is 41.0 Å². The van der Waals surface area contributed by atoms with Gasteiger partial charge in [0.1, 0.15) is 5.76 Å². The van der Waals surface area contributed by atoms with Crippen molar-refractivity contribution in [1.29, 1.82) is 0 Å². The standard InChI is InChI=1S/C23H30O3S/c1-5-6-9-27-12-23-8-7-16(26-23)18-20(23)22(25)19(21(18)24)17-14(3)10-13(2)11-15(17)4/h10-11,16,18,20,24H,5-9,12H2,1-4H3/t16-,18-,20+,23-/m0/s1. The van der Waals surface area contributed by atoms with Crippen molar-refractivity contribution in [2.45, 2.75) is 65.1 Å². The lowest BCUT2D eigenvalue weighted by Crippen LogP contribution is -2.42. The van der Waals surface area contributed by atoms with Crippen LogP contribution in [0.4, 0.5) is 0 Å². The van der Waals surface area contributed by atoms with E-state index in [2.05, 4.69) is 26.0 Å². The second kappa shape index (κ2) is 6.97. The van der Waals surface area contributed by atoms with Gasteiger partial charge in [-0.15, -0.1) is 0 Å². The summed E-state index contributed by atoms with van der Waals surface area (Å²) >= 11 is 1.91. The highest BCUT2D eigenvalue weighted by Crippen LogP contribution is 2.60. The quantitative estimate of drug-likeness (QED) is 0.686. The summed E-state index contributed by atoms with van der Waals surface area (Å²) in [4.78, 5) is 13.6. The van der Waals surface area contributed by atoms with Gasteiger partial charge in [-0.3, -0.25) is 4.79 Å². The smallest absolute Gasteiger partial charge is 0.173 e. The van der Waals surface area contributed by atoms with Crippen molar-refractivity contribution in [2.24, 2.45) is 11.8 Å². The second-order valence-corrected chi connectivity index (χ2v) is 9.67. The number of aryl methyl sites for hydroxylation is 3. The zero-order valence-electron chi connectivity index (χ0n) is 16.8. The van der Waals surface area contributed by atoms with E-state index < -0.39 is 0 Å². The van der Waals surface area contributed by atoms with Crippen LogP contribution in [-0.2, 0) is 9.53 Å². The number of rotatable bonds is 6. The maximum absolute atomic E-state index is 13.6. The molecule has 0 saturated carbocycles. The Hall–Kier alpha value is -1.26. The lowest BCUT2D eigenvalue weighted by atomic mass is 9.73. The van der Waals surface area contributed by atoms with Gasteiger partial charge in [0.15, 0.2) is 5.78 Å². The van der Waals surface area contributed by atoms with E-state index in [4.69, 9.17) is 4.74 Å². The van der Waals surface area contributed by atoms with Gasteiger partial charge in [0.05, 0.1) is 29.1 Å². The fraction of sp³-hybridized carbons (Fsp3) is 0.609. The van der Waals surface area contributed by atoms with E-state index in [1.807, 2.05) is 25.6 Å². The van der Waals surface area contributed by atoms with Crippen LogP contribution in [0.1, 0.15) is 54.9 Å². The first-order valence-electron chi connectivity index (χ1n) is 10.2. The lowest BCUT2D eigenvalue weighted by molar-refractivity contribution is -0.121. The predicted molar refractivity (Wildman–Crippen MR) is 111 cm³/mol. The molecule has 3 aliphatic rings. The largest absolute Gasteiger partial charge is 0.511 e. The summed E-state index contributed by atoms with van der Waals surface area (Å²) in [7, 11) is 0. The van der Waals surface area contributed by atoms with Gasteiger partial charge in [-0.05, 0) is 62.5 Å². The van der Waals surface area contributed by atoms with Gasteiger partial charge >= 0.3 is 0 Å². The van der Waals surface area contributed by atoms with Gasteiger partial charge in [-0.1, -0.05) is 31.0 Å². The number of allylic oxidation sites excluding steroid dienone is 1. The first-order valence-corrected chi connectivity index (χ1v) is 11.4. The number of carbonyl (C=O) groups excluding carboxylic acids is 1. The molecule has 0 spiro atoms. The van der Waals surface area contributed by atoms with Crippen LogP contribution < -0.4 is 0 Å². The maximum Gasteiger partial charge on any atom is 0.173 e. The van der Waals surface area contributed by atoms with Gasteiger partial charge in [-0.2, -0.15) is 11.8 Å². The van der Waals surface area contributed by atoms with Crippen LogP contribution in [0.25, 0.3) is 5.57 Å². The van der Waals surface area contributed by atoms with Crippen LogP contribution >= 0.6 is 11.8 Å². The van der Waals surface area contributed by atoms with Crippen LogP contribution in [0, 0.1) is 32.6 Å². The van der Waals surface area contributed by atoms with Crippen molar-refractivity contribution in [3.8, 4) is 0 Å². The van der Waals surface area contributed by atoms with Crippen LogP contribution in [0.3, 0.4) is 0 Å². The van der Waals surface area contributed by atoms with Crippen LogP contribution in [0.5, 0.6) is 0 Å². The first-order chi connectivity index (χ1) is 12.9. The molecule has 1 aromatic carbocycles. The van der Waals surface area contributed by atoms with E-state index in [-0.39, 0.29) is 35.1 Å². The SMILES string of the molecule is CCCCSC[C@]12CC[C@H](O1)[C@@H]1C(O)=C(c3c(C)cc(C)cc3C)C(=O)[C@@H]12. The highest BCUT2D eigenvalue weighted by molar-refractivity contribution is 7.99. The van der Waals surface area contributed by atoms with Gasteiger partial charge in [0, 0.05) is 5.75 Å². The zero-order chi connectivity index (χ0) is 19.3. The molecule has 146 valence electrons. The fourth-order valence-corrected chi connectivity index (χ4v) is 6.90. The minimum atomic E-state index is -0.382. The molecular formula is C23H30O3S. The number of ether oxygens (including phenoxy) is 1. The number of carbonyl (C=O) groups is 1. The maximum atomic E-state index is 13.6. The number of Topliss-reactive ketones (excluding diaryl/α,β-unsaturated/α-hetero) is 1. The Labute approximate surface area is 166 Å². The number of benzene rings is 1. The molecule has 4 atom stereocenters. The van der Waals surface area contributed by atoms with E-state index in [0.29, 0.717) is 5.57 Å². The summed E-state index contributed by atoms with van der Waals surface area (Å²) in [5.41, 5.74) is 4.45. The Kier molecular flexibility index (Phi) is 4.92. The normalized spacial score (nSPS) is 31.9. The highest BCUT2D eigenvalue weighted by atomic mass is 32.2. The van der Waals surface area contributed by atoms with E-state index in [1.165, 1.54) is 18.4 Å². The number of hydrogen-bond donors (Lipinski definition) is 1. The van der Waals surface area contributed by atoms with Crippen LogP contribution in [0.2, 0.25) is 0 Å². The topological polar surface area (TPSA) is 46.5 Å². The molecule has 4 rings (SSSR count). The molecule has 2 saturated heterocycles. The number of ketones is 1. The molecule has 2 fully saturated rings. The molecule has 3 nitrogen and oxygen atoms in total. The van der Waals surface area contributed by atoms with Gasteiger partial charge in [-0.25, -0.2) is 0 Å². The fourth-order valence-electron chi connectivity index (χ4n) is 5.53. The average molecular weight is 387 g/mol. The van der Waals surface area contributed by atoms with Gasteiger partial charge in [0.25, 0.3) is 0 Å². The first kappa shape index (κ1) is 19.1. The van der Waals surface area contributed by atoms with Crippen molar-refractivity contribution in [3.05, 3.63) is 40.1 Å². The Bertz CT molecular complexity index is 789. The molecule has 1 aliphatic carbocycles. The molecule has 0 unspecified atom stereocenters. The van der Waals surface area contributed by atoms with E-state index >= 15 is 0 Å². The summed E-state index contributed by atoms with van der Waals surface area (Å²) in [5.74, 6) is 2.01. The number of unbranched alkanes of at least 4 members (excludes halogenated alkanes) is 1. The monoisotopic (exact) mass is 386 g/mol. The summed E-state index contributed by atoms with van der Waals surface area (Å²) in [6, 6.07) is 4.21. The molecular weight excluding hydrogens is 356 g/mol. The van der Waals surface area contributed by atoms with Crippen LogP contribution in [-0.4, -0.2) is 34.1 Å². The minimum Gasteiger partial charge on any atom is -0.511 e. The molecule has 0 amide bonds. The molecule has 1 N–H and O–H groups in total. The summed E-state index contributed by atoms with van der Waals surface area (Å²) < 4.78 is 6.38. The molecule has 0 aromatic heterocycles. The van der Waals surface area contributed by atoms with Crippen molar-refractivity contribution in [2.75, 3.05) is 11.5 Å². The second-order valence-electron chi connectivity index (χ2n) is 8.57. The van der Waals surface area contributed by atoms with Crippen molar-refractivity contribution >= 4 is 23.1 Å². The predicted octanol–water partition coefficient (Wildman–Crippen LogP) is 5.16. The van der Waals surface area contributed by atoms with Gasteiger partial charge < -0.3 is 9.84 Å². The zero-order valence-corrected chi connectivity index (χ0v) is 17.6. The molecule has 1 aromatic rings. The van der Waals surface area contributed by atoms with Crippen molar-refractivity contribution < 1.29 is 14.6 Å². The number of aliphatic hydroxyl groups excluding tert-OH is 1. The Morgan fingerprint density at radius 1 is 1.26 bits per heavy atom. The van der Waals surface area contributed by atoms with Crippen molar-refractivity contribution in [1.82, 2.24) is 0 Å². The third-order valence-electron chi connectivity index (χ3n) is 6.58. The third-order valence-corrected chi connectivity index (χ3v) is 7.85. The average Bonchev–Trinajstić information content (AvgIpc) is 3.24.